The van der Waals surface area contributed by atoms with E-state index in [0.29, 0.717) is 11.6 Å². The Bertz CT molecular complexity index is 474. The summed E-state index contributed by atoms with van der Waals surface area (Å²) in [5, 5.41) is 12.2. The molecule has 20 heavy (non-hydrogen) atoms. The van der Waals surface area contributed by atoms with E-state index in [1.165, 1.54) is 4.90 Å². The molecule has 110 valence electrons. The van der Waals surface area contributed by atoms with Gasteiger partial charge in [0.2, 0.25) is 0 Å². The van der Waals surface area contributed by atoms with Crippen LogP contribution < -0.4 is 5.32 Å². The average Bonchev–Trinajstić information content (AvgIpc) is 2.37. The van der Waals surface area contributed by atoms with Crippen LogP contribution in [-0.4, -0.2) is 35.1 Å². The summed E-state index contributed by atoms with van der Waals surface area (Å²) in [7, 11) is 1.61. The summed E-state index contributed by atoms with van der Waals surface area (Å²) in [6.07, 6.45) is 0. The topological polar surface area (TPSA) is 69.6 Å². The smallest absolute Gasteiger partial charge is 0.326 e. The predicted molar refractivity (Wildman–Crippen MR) is 77.7 cm³/mol. The monoisotopic (exact) mass is 298 g/mol. The fourth-order valence-corrected chi connectivity index (χ4v) is 1.82. The number of carbonyl (C=O) groups is 2. The third-order valence-corrected chi connectivity index (χ3v) is 3.14. The summed E-state index contributed by atoms with van der Waals surface area (Å²) < 4.78 is 0. The molecule has 1 unspecified atom stereocenters. The molecule has 0 aliphatic rings. The first kappa shape index (κ1) is 16.3. The lowest BCUT2D eigenvalue weighted by atomic mass is 10.1. The Hall–Kier alpha value is -1.75. The molecule has 0 aromatic heterocycles. The van der Waals surface area contributed by atoms with Crippen LogP contribution in [0.4, 0.5) is 4.79 Å². The molecule has 0 saturated carbocycles. The Balaban J connectivity index is 2.62. The molecule has 1 aromatic carbocycles. The first-order valence-corrected chi connectivity index (χ1v) is 6.68. The molecule has 1 atom stereocenters. The average molecular weight is 299 g/mol. The summed E-state index contributed by atoms with van der Waals surface area (Å²) in [6, 6.07) is 5.83. The highest BCUT2D eigenvalue weighted by molar-refractivity contribution is 6.30. The van der Waals surface area contributed by atoms with Crippen LogP contribution in [0.5, 0.6) is 0 Å². The highest BCUT2D eigenvalue weighted by atomic mass is 35.5. The molecule has 2 N–H and O–H groups in total. The Morgan fingerprint density at radius 2 is 1.85 bits per heavy atom. The van der Waals surface area contributed by atoms with E-state index in [1.807, 2.05) is 12.1 Å². The van der Waals surface area contributed by atoms with E-state index in [-0.39, 0.29) is 5.92 Å². The summed E-state index contributed by atoms with van der Waals surface area (Å²) in [5.41, 5.74) is 0.920. The van der Waals surface area contributed by atoms with E-state index in [9.17, 15) is 9.59 Å². The van der Waals surface area contributed by atoms with Crippen molar-refractivity contribution in [3.63, 3.8) is 0 Å². The number of carbonyl (C=O) groups excluding carboxylic acids is 1. The zero-order valence-electron chi connectivity index (χ0n) is 11.8. The van der Waals surface area contributed by atoms with E-state index in [1.54, 1.807) is 33.0 Å². The van der Waals surface area contributed by atoms with Gasteiger partial charge in [-0.2, -0.15) is 0 Å². The largest absolute Gasteiger partial charge is 0.480 e. The number of carboxylic acid groups (broad SMARTS) is 1. The highest BCUT2D eigenvalue weighted by Crippen LogP contribution is 2.11. The molecule has 0 aliphatic heterocycles. The van der Waals surface area contributed by atoms with Gasteiger partial charge in [-0.15, -0.1) is 0 Å². The summed E-state index contributed by atoms with van der Waals surface area (Å²) >= 11 is 5.79. The zero-order valence-corrected chi connectivity index (χ0v) is 12.5. The van der Waals surface area contributed by atoms with Crippen LogP contribution in [0.1, 0.15) is 19.4 Å². The third-order valence-electron chi connectivity index (χ3n) is 2.89. The molecule has 0 heterocycles. The predicted octanol–water partition coefficient (Wildman–Crippen LogP) is 2.59. The van der Waals surface area contributed by atoms with E-state index < -0.39 is 18.0 Å². The lowest BCUT2D eigenvalue weighted by molar-refractivity contribution is -0.140. The number of nitrogens with one attached hydrogen (secondary N) is 1. The number of carboxylic acids is 1. The first-order chi connectivity index (χ1) is 9.31. The van der Waals surface area contributed by atoms with Crippen LogP contribution in [0.25, 0.3) is 0 Å². The van der Waals surface area contributed by atoms with Crippen molar-refractivity contribution in [1.82, 2.24) is 10.2 Å². The van der Waals surface area contributed by atoms with Crippen molar-refractivity contribution in [2.24, 2.45) is 5.92 Å². The second kappa shape index (κ2) is 7.14. The Morgan fingerprint density at radius 1 is 1.30 bits per heavy atom. The number of hydrogen-bond acceptors (Lipinski definition) is 2. The Kier molecular flexibility index (Phi) is 5.82. The normalized spacial score (nSPS) is 12.1. The van der Waals surface area contributed by atoms with E-state index in [4.69, 9.17) is 16.7 Å². The molecular formula is C14H19ClN2O3. The van der Waals surface area contributed by atoms with Crippen LogP contribution in [0, 0.1) is 5.92 Å². The van der Waals surface area contributed by atoms with Gasteiger partial charge in [-0.1, -0.05) is 37.6 Å². The van der Waals surface area contributed by atoms with Gasteiger partial charge in [0.05, 0.1) is 0 Å². The van der Waals surface area contributed by atoms with Gasteiger partial charge in [0, 0.05) is 18.6 Å². The number of hydrogen-bond donors (Lipinski definition) is 2. The second-order valence-corrected chi connectivity index (χ2v) is 5.43. The molecule has 5 nitrogen and oxygen atoms in total. The summed E-state index contributed by atoms with van der Waals surface area (Å²) in [4.78, 5) is 24.4. The van der Waals surface area contributed by atoms with Crippen molar-refractivity contribution in [3.8, 4) is 0 Å². The van der Waals surface area contributed by atoms with Crippen molar-refractivity contribution < 1.29 is 14.7 Å². The molecular weight excluding hydrogens is 280 g/mol. The highest BCUT2D eigenvalue weighted by Gasteiger charge is 2.24. The minimum Gasteiger partial charge on any atom is -0.480 e. The first-order valence-electron chi connectivity index (χ1n) is 6.30. The number of nitrogens with zero attached hydrogens (tertiary/aromatic N) is 1. The van der Waals surface area contributed by atoms with Gasteiger partial charge < -0.3 is 15.3 Å². The second-order valence-electron chi connectivity index (χ2n) is 4.99. The lowest BCUT2D eigenvalue weighted by Crippen LogP contribution is -2.48. The van der Waals surface area contributed by atoms with Gasteiger partial charge in [-0.25, -0.2) is 9.59 Å². The van der Waals surface area contributed by atoms with Gasteiger partial charge in [-0.3, -0.25) is 0 Å². The van der Waals surface area contributed by atoms with Gasteiger partial charge in [0.25, 0.3) is 0 Å². The Labute approximate surface area is 123 Å². The van der Waals surface area contributed by atoms with Crippen LogP contribution in [0.3, 0.4) is 0 Å². The number of halogens is 1. The Morgan fingerprint density at radius 3 is 2.30 bits per heavy atom. The molecule has 1 aromatic rings. The van der Waals surface area contributed by atoms with E-state index in [2.05, 4.69) is 5.32 Å². The fraction of sp³-hybridized carbons (Fsp3) is 0.429. The number of benzene rings is 1. The number of aliphatic carboxylic acids is 1. The van der Waals surface area contributed by atoms with E-state index in [0.717, 1.165) is 5.56 Å². The molecule has 2 amide bonds. The van der Waals surface area contributed by atoms with Crippen LogP contribution >= 0.6 is 11.6 Å². The maximum atomic E-state index is 12.0. The lowest BCUT2D eigenvalue weighted by Gasteiger charge is -2.23. The maximum absolute atomic E-state index is 12.0. The summed E-state index contributed by atoms with van der Waals surface area (Å²) in [5.74, 6) is -1.21. The standard InChI is InChI=1S/C14H19ClN2O3/c1-9(2)12(13(18)19)16-14(20)17(3)8-10-4-6-11(15)7-5-10/h4-7,9,12H,8H2,1-3H3,(H,16,20)(H,18,19). The number of urea groups is 1. The van der Waals surface area contributed by atoms with E-state index >= 15 is 0 Å². The molecule has 0 bridgehead atoms. The fourth-order valence-electron chi connectivity index (χ4n) is 1.69. The molecule has 0 fully saturated rings. The third kappa shape index (κ3) is 4.74. The number of amides is 2. The van der Waals surface area contributed by atoms with Crippen molar-refractivity contribution in [2.75, 3.05) is 7.05 Å². The SMILES string of the molecule is CC(C)C(NC(=O)N(C)Cc1ccc(Cl)cc1)C(=O)O. The van der Waals surface area contributed by atoms with Gasteiger partial charge >= 0.3 is 12.0 Å². The number of rotatable bonds is 5. The maximum Gasteiger partial charge on any atom is 0.326 e. The van der Waals surface area contributed by atoms with Crippen molar-refractivity contribution in [2.45, 2.75) is 26.4 Å². The molecule has 6 heteroatoms. The van der Waals surface area contributed by atoms with Crippen LogP contribution in [-0.2, 0) is 11.3 Å². The quantitative estimate of drug-likeness (QED) is 0.878. The molecule has 0 radical (unpaired) electrons. The minimum atomic E-state index is -1.03. The van der Waals surface area contributed by atoms with Crippen molar-refractivity contribution in [3.05, 3.63) is 34.9 Å². The van der Waals surface area contributed by atoms with Crippen molar-refractivity contribution in [1.29, 1.82) is 0 Å². The van der Waals surface area contributed by atoms with Gasteiger partial charge in [0.1, 0.15) is 6.04 Å². The molecule has 0 saturated heterocycles. The minimum absolute atomic E-state index is 0.180. The molecule has 1 rings (SSSR count). The van der Waals surface area contributed by atoms with Gasteiger partial charge in [0.15, 0.2) is 0 Å². The molecule has 0 spiro atoms. The molecule has 0 aliphatic carbocycles. The van der Waals surface area contributed by atoms with Crippen molar-refractivity contribution >= 4 is 23.6 Å². The van der Waals surface area contributed by atoms with Crippen LogP contribution in [0.15, 0.2) is 24.3 Å². The van der Waals surface area contributed by atoms with Gasteiger partial charge in [-0.05, 0) is 23.6 Å². The summed E-state index contributed by atoms with van der Waals surface area (Å²) in [6.45, 7) is 3.88. The zero-order chi connectivity index (χ0) is 15.3. The van der Waals surface area contributed by atoms with Crippen LogP contribution in [0.2, 0.25) is 5.02 Å².